The van der Waals surface area contributed by atoms with E-state index < -0.39 is 0 Å². The van der Waals surface area contributed by atoms with E-state index in [1.165, 1.54) is 0 Å². The number of aromatic nitrogens is 4. The van der Waals surface area contributed by atoms with Crippen molar-refractivity contribution in [1.82, 2.24) is 24.9 Å². The van der Waals surface area contributed by atoms with Gasteiger partial charge < -0.3 is 20.1 Å². The van der Waals surface area contributed by atoms with E-state index in [0.717, 1.165) is 28.7 Å². The second-order valence-corrected chi connectivity index (χ2v) is 7.75. The third kappa shape index (κ3) is 4.22. The maximum atomic E-state index is 11.2. The quantitative estimate of drug-likeness (QED) is 0.608. The predicted molar refractivity (Wildman–Crippen MR) is 116 cm³/mol. The first-order valence-corrected chi connectivity index (χ1v) is 10.2. The normalized spacial score (nSPS) is 16.5. The average molecular weight is 422 g/mol. The molecule has 1 atom stereocenters. The molecule has 3 heterocycles. The van der Waals surface area contributed by atoms with Crippen LogP contribution in [0.5, 0.6) is 5.75 Å². The molecule has 9 heteroatoms. The Labute approximate surface area is 180 Å². The number of ether oxygens (including phenoxy) is 2. The molecule has 0 radical (unpaired) electrons. The van der Waals surface area contributed by atoms with Crippen molar-refractivity contribution >= 4 is 12.2 Å². The van der Waals surface area contributed by atoms with Crippen molar-refractivity contribution in [2.24, 2.45) is 0 Å². The Balaban J connectivity index is 1.67. The van der Waals surface area contributed by atoms with Gasteiger partial charge in [-0.15, -0.1) is 5.10 Å². The van der Waals surface area contributed by atoms with Crippen LogP contribution in [0.3, 0.4) is 0 Å². The zero-order valence-corrected chi connectivity index (χ0v) is 17.9. The molecule has 0 aliphatic carbocycles. The number of methoxy groups -OCH3 is 1. The van der Waals surface area contributed by atoms with E-state index in [2.05, 4.69) is 15.3 Å². The third-order valence-corrected chi connectivity index (χ3v) is 5.39. The Morgan fingerprint density at radius 1 is 1.29 bits per heavy atom. The lowest BCUT2D eigenvalue weighted by molar-refractivity contribution is -0.125. The summed E-state index contributed by atoms with van der Waals surface area (Å²) in [4.78, 5) is 17.2. The molecule has 1 aromatic carbocycles. The van der Waals surface area contributed by atoms with E-state index in [-0.39, 0.29) is 12.1 Å². The monoisotopic (exact) mass is 422 g/mol. The van der Waals surface area contributed by atoms with Gasteiger partial charge in [-0.25, -0.2) is 9.67 Å². The van der Waals surface area contributed by atoms with Crippen LogP contribution in [0, 0.1) is 0 Å². The molecule has 1 aliphatic heterocycles. The number of nitrogens with two attached hydrogens (primary N) is 1. The van der Waals surface area contributed by atoms with Crippen molar-refractivity contribution in [3.8, 4) is 28.1 Å². The van der Waals surface area contributed by atoms with Gasteiger partial charge >= 0.3 is 0 Å². The van der Waals surface area contributed by atoms with Gasteiger partial charge in [-0.05, 0) is 31.5 Å². The van der Waals surface area contributed by atoms with Crippen molar-refractivity contribution in [3.05, 3.63) is 42.2 Å². The fourth-order valence-corrected chi connectivity index (χ4v) is 3.60. The van der Waals surface area contributed by atoms with Crippen LogP contribution in [0.25, 0.3) is 22.4 Å². The molecule has 31 heavy (non-hydrogen) atoms. The van der Waals surface area contributed by atoms with Gasteiger partial charge in [0.25, 0.3) is 0 Å². The van der Waals surface area contributed by atoms with Gasteiger partial charge in [0.1, 0.15) is 23.4 Å². The fourth-order valence-electron chi connectivity index (χ4n) is 3.60. The number of hydrogen-bond donors (Lipinski definition) is 1. The van der Waals surface area contributed by atoms with Crippen LogP contribution in [-0.4, -0.2) is 58.1 Å². The number of morpholine rings is 1. The van der Waals surface area contributed by atoms with Crippen LogP contribution in [0.1, 0.15) is 31.6 Å². The summed E-state index contributed by atoms with van der Waals surface area (Å²) in [6.07, 6.45) is 4.22. The summed E-state index contributed by atoms with van der Waals surface area (Å²) in [5.41, 5.74) is 10.2. The van der Waals surface area contributed by atoms with E-state index in [0.29, 0.717) is 37.0 Å². The molecule has 9 nitrogen and oxygen atoms in total. The molecule has 2 N–H and O–H groups in total. The lowest BCUT2D eigenvalue weighted by Gasteiger charge is -2.31. The molecule has 3 aromatic rings. The standard InChI is InChI=1S/C22H26N6O3/c1-14(2)28-11-19(25-26-28)18-8-16(10-24-22(18)23)15-4-5-17(20(9-15)30-3)21-12-27(13-29)6-7-31-21/h4-5,8-11,13-14,21H,6-7,12H2,1-3H3,(H2,23,24). The van der Waals surface area contributed by atoms with Gasteiger partial charge in [-0.1, -0.05) is 17.3 Å². The molecule has 1 unspecified atom stereocenters. The van der Waals surface area contributed by atoms with Crippen molar-refractivity contribution in [2.45, 2.75) is 26.0 Å². The number of pyridine rings is 1. The number of hydrogen-bond acceptors (Lipinski definition) is 7. The molecular weight excluding hydrogens is 396 g/mol. The van der Waals surface area contributed by atoms with Gasteiger partial charge in [-0.3, -0.25) is 4.79 Å². The van der Waals surface area contributed by atoms with E-state index >= 15 is 0 Å². The second-order valence-electron chi connectivity index (χ2n) is 7.75. The van der Waals surface area contributed by atoms with Crippen LogP contribution in [0.15, 0.2) is 36.7 Å². The lowest BCUT2D eigenvalue weighted by atomic mass is 9.99. The van der Waals surface area contributed by atoms with Gasteiger partial charge in [0.2, 0.25) is 6.41 Å². The highest BCUT2D eigenvalue weighted by atomic mass is 16.5. The summed E-state index contributed by atoms with van der Waals surface area (Å²) in [6, 6.07) is 8.06. The minimum Gasteiger partial charge on any atom is -0.496 e. The number of nitrogen functional groups attached to an aromatic ring is 1. The van der Waals surface area contributed by atoms with Crippen molar-refractivity contribution in [3.63, 3.8) is 0 Å². The van der Waals surface area contributed by atoms with Crippen LogP contribution < -0.4 is 10.5 Å². The maximum Gasteiger partial charge on any atom is 0.209 e. The van der Waals surface area contributed by atoms with Crippen molar-refractivity contribution in [1.29, 1.82) is 0 Å². The summed E-state index contributed by atoms with van der Waals surface area (Å²) in [7, 11) is 1.62. The number of amides is 1. The summed E-state index contributed by atoms with van der Waals surface area (Å²) >= 11 is 0. The van der Waals surface area contributed by atoms with Crippen molar-refractivity contribution < 1.29 is 14.3 Å². The van der Waals surface area contributed by atoms with E-state index in [4.69, 9.17) is 15.2 Å². The Hall–Kier alpha value is -3.46. The molecule has 1 fully saturated rings. The fraction of sp³-hybridized carbons (Fsp3) is 0.364. The Kier molecular flexibility index (Phi) is 5.85. The molecule has 1 aliphatic rings. The van der Waals surface area contributed by atoms with Crippen LogP contribution in [-0.2, 0) is 9.53 Å². The topological polar surface area (TPSA) is 108 Å². The number of rotatable bonds is 6. The molecule has 1 saturated heterocycles. The van der Waals surface area contributed by atoms with Crippen LogP contribution in [0.2, 0.25) is 0 Å². The number of nitrogens with zero attached hydrogens (tertiary/aromatic N) is 5. The molecule has 2 aromatic heterocycles. The van der Waals surface area contributed by atoms with Gasteiger partial charge in [0.15, 0.2) is 0 Å². The number of benzene rings is 1. The van der Waals surface area contributed by atoms with Crippen molar-refractivity contribution in [2.75, 3.05) is 32.5 Å². The highest BCUT2D eigenvalue weighted by Crippen LogP contribution is 2.35. The smallest absolute Gasteiger partial charge is 0.209 e. The third-order valence-electron chi connectivity index (χ3n) is 5.39. The summed E-state index contributed by atoms with van der Waals surface area (Å²) in [5.74, 6) is 1.09. The molecule has 0 spiro atoms. The molecule has 0 bridgehead atoms. The maximum absolute atomic E-state index is 11.2. The number of carbonyl (C=O) groups is 1. The van der Waals surface area contributed by atoms with E-state index in [1.807, 2.05) is 44.3 Å². The highest BCUT2D eigenvalue weighted by molar-refractivity contribution is 5.77. The Morgan fingerprint density at radius 3 is 2.84 bits per heavy atom. The molecule has 162 valence electrons. The minimum atomic E-state index is -0.228. The summed E-state index contributed by atoms with van der Waals surface area (Å²) in [6.45, 7) is 5.67. The lowest BCUT2D eigenvalue weighted by Crippen LogP contribution is -2.37. The van der Waals surface area contributed by atoms with Crippen LogP contribution in [0.4, 0.5) is 5.82 Å². The summed E-state index contributed by atoms with van der Waals surface area (Å²) in [5, 5.41) is 8.41. The zero-order valence-electron chi connectivity index (χ0n) is 17.9. The van der Waals surface area contributed by atoms with E-state index in [1.54, 1.807) is 22.9 Å². The predicted octanol–water partition coefficient (Wildman–Crippen LogP) is 2.71. The van der Waals surface area contributed by atoms with Gasteiger partial charge in [-0.2, -0.15) is 0 Å². The molecule has 1 amide bonds. The van der Waals surface area contributed by atoms with E-state index in [9.17, 15) is 4.79 Å². The van der Waals surface area contributed by atoms with Gasteiger partial charge in [0, 0.05) is 35.5 Å². The average Bonchev–Trinajstić information content (AvgIpc) is 3.29. The highest BCUT2D eigenvalue weighted by Gasteiger charge is 2.24. The first kappa shape index (κ1) is 20.8. The zero-order chi connectivity index (χ0) is 22.0. The first-order valence-electron chi connectivity index (χ1n) is 10.2. The Bertz CT molecular complexity index is 1080. The number of carbonyl (C=O) groups excluding carboxylic acids is 1. The first-order chi connectivity index (χ1) is 15.0. The molecular formula is C22H26N6O3. The largest absolute Gasteiger partial charge is 0.496 e. The summed E-state index contributed by atoms with van der Waals surface area (Å²) < 4.78 is 13.3. The van der Waals surface area contributed by atoms with Crippen LogP contribution >= 0.6 is 0 Å². The van der Waals surface area contributed by atoms with Gasteiger partial charge in [0.05, 0.1) is 26.5 Å². The second kappa shape index (κ2) is 8.73. The Morgan fingerprint density at radius 2 is 2.13 bits per heavy atom. The minimum absolute atomic E-state index is 0.201. The SMILES string of the molecule is COc1cc(-c2cnc(N)c(-c3cn(C(C)C)nn3)c2)ccc1C1CN(C=O)CCO1. The number of anilines is 1. The molecule has 0 saturated carbocycles. The molecule has 4 rings (SSSR count).